The van der Waals surface area contributed by atoms with Crippen LogP contribution in [0.4, 0.5) is 14.6 Å². The number of thioether (sulfide) groups is 1. The quantitative estimate of drug-likeness (QED) is 0.782. The molecule has 4 rings (SSSR count). The molecule has 1 saturated heterocycles. The molecule has 0 spiro atoms. The van der Waals surface area contributed by atoms with Crippen LogP contribution in [-0.4, -0.2) is 53.0 Å². The summed E-state index contributed by atoms with van der Waals surface area (Å²) in [7, 11) is 0. The second-order valence-corrected chi connectivity index (χ2v) is 8.85. The highest BCUT2D eigenvalue weighted by Gasteiger charge is 2.31. The first-order valence-electron chi connectivity index (χ1n) is 10.1. The lowest BCUT2D eigenvalue weighted by atomic mass is 9.91. The van der Waals surface area contributed by atoms with E-state index in [-0.39, 0.29) is 11.9 Å². The third kappa shape index (κ3) is 4.27. The molecule has 1 fully saturated rings. The van der Waals surface area contributed by atoms with Crippen molar-refractivity contribution in [1.82, 2.24) is 14.9 Å². The van der Waals surface area contributed by atoms with Gasteiger partial charge in [-0.05, 0) is 31.0 Å². The number of anilines is 1. The van der Waals surface area contributed by atoms with Gasteiger partial charge in [0.25, 0.3) is 0 Å². The number of benzene rings is 1. The number of hydrogen-bond acceptors (Lipinski definition) is 6. The molecule has 2 unspecified atom stereocenters. The average molecular weight is 434 g/mol. The van der Waals surface area contributed by atoms with Crippen LogP contribution in [0, 0.1) is 11.6 Å². The molecule has 0 saturated carbocycles. The van der Waals surface area contributed by atoms with E-state index in [1.165, 1.54) is 11.6 Å². The maximum Gasteiger partial charge on any atom is 0.230 e. The van der Waals surface area contributed by atoms with Crippen LogP contribution in [0.25, 0.3) is 0 Å². The first-order chi connectivity index (χ1) is 14.4. The molecule has 2 N–H and O–H groups in total. The predicted molar refractivity (Wildman–Crippen MR) is 113 cm³/mol. The largest absolute Gasteiger partial charge is 0.353 e. The molecule has 0 radical (unpaired) electrons. The fraction of sp³-hybridized carbons (Fsp3) is 0.476. The second-order valence-electron chi connectivity index (χ2n) is 7.87. The standard InChI is InChI=1S/C21H25F2N5OS/c1-13(24)8-15(14-2-3-17(22)18(23)9-14)21(29)28-6-4-27(5-7-28)20-16-10-30-11-19(16)25-12-26-20/h2-3,9,12-13,15H,4-8,10-11,24H2,1H3. The van der Waals surface area contributed by atoms with E-state index < -0.39 is 17.6 Å². The SMILES string of the molecule is CC(N)CC(C(=O)N1CCN(c2ncnc3c2CSC3)CC1)c1ccc(F)c(F)c1. The van der Waals surface area contributed by atoms with Gasteiger partial charge in [0.05, 0.1) is 11.6 Å². The van der Waals surface area contributed by atoms with Crippen LogP contribution in [-0.2, 0) is 16.3 Å². The molecule has 1 aromatic heterocycles. The van der Waals surface area contributed by atoms with E-state index in [2.05, 4.69) is 14.9 Å². The van der Waals surface area contributed by atoms with Crippen LogP contribution < -0.4 is 10.6 Å². The molecule has 30 heavy (non-hydrogen) atoms. The minimum absolute atomic E-state index is 0.0959. The third-order valence-electron chi connectivity index (χ3n) is 5.64. The first-order valence-corrected chi connectivity index (χ1v) is 11.2. The number of nitrogens with two attached hydrogens (primary N) is 1. The van der Waals surface area contributed by atoms with Gasteiger partial charge >= 0.3 is 0 Å². The van der Waals surface area contributed by atoms with Crippen LogP contribution in [0.1, 0.15) is 36.1 Å². The Morgan fingerprint density at radius 1 is 1.17 bits per heavy atom. The second kappa shape index (κ2) is 8.85. The number of rotatable bonds is 5. The van der Waals surface area contributed by atoms with Gasteiger partial charge in [0.1, 0.15) is 12.1 Å². The zero-order chi connectivity index (χ0) is 21.3. The van der Waals surface area contributed by atoms with Crippen molar-refractivity contribution in [2.45, 2.75) is 36.8 Å². The van der Waals surface area contributed by atoms with Crippen molar-refractivity contribution in [3.05, 3.63) is 53.0 Å². The Balaban J connectivity index is 1.48. The maximum atomic E-state index is 13.8. The van der Waals surface area contributed by atoms with Crippen LogP contribution >= 0.6 is 11.8 Å². The normalized spacial score (nSPS) is 18.3. The van der Waals surface area contributed by atoms with Gasteiger partial charge in [0.2, 0.25) is 5.91 Å². The van der Waals surface area contributed by atoms with Crippen molar-refractivity contribution in [3.63, 3.8) is 0 Å². The van der Waals surface area contributed by atoms with E-state index in [0.717, 1.165) is 35.2 Å². The summed E-state index contributed by atoms with van der Waals surface area (Å²) in [5, 5.41) is 0. The Labute approximate surface area is 178 Å². The predicted octanol–water partition coefficient (Wildman–Crippen LogP) is 2.67. The van der Waals surface area contributed by atoms with Crippen LogP contribution in [0.3, 0.4) is 0 Å². The molecule has 2 atom stereocenters. The highest BCUT2D eigenvalue weighted by Crippen LogP contribution is 2.34. The third-order valence-corrected chi connectivity index (χ3v) is 6.61. The number of piperazine rings is 1. The number of nitrogens with zero attached hydrogens (tertiary/aromatic N) is 4. The zero-order valence-corrected chi connectivity index (χ0v) is 17.7. The summed E-state index contributed by atoms with van der Waals surface area (Å²) in [6.07, 6.45) is 1.99. The number of fused-ring (bicyclic) bond motifs is 1. The van der Waals surface area contributed by atoms with Gasteiger partial charge < -0.3 is 15.5 Å². The van der Waals surface area contributed by atoms with Crippen molar-refractivity contribution >= 4 is 23.5 Å². The van der Waals surface area contributed by atoms with E-state index in [1.807, 2.05) is 18.7 Å². The summed E-state index contributed by atoms with van der Waals surface area (Å²) in [5.41, 5.74) is 8.70. The summed E-state index contributed by atoms with van der Waals surface area (Å²) in [4.78, 5) is 26.1. The summed E-state index contributed by atoms with van der Waals surface area (Å²) in [6, 6.07) is 3.41. The zero-order valence-electron chi connectivity index (χ0n) is 16.9. The van der Waals surface area contributed by atoms with Crippen molar-refractivity contribution in [2.75, 3.05) is 31.1 Å². The van der Waals surface area contributed by atoms with Crippen molar-refractivity contribution in [2.24, 2.45) is 5.73 Å². The van der Waals surface area contributed by atoms with Crippen molar-refractivity contribution < 1.29 is 13.6 Å². The van der Waals surface area contributed by atoms with Crippen LogP contribution in [0.15, 0.2) is 24.5 Å². The Kier molecular flexibility index (Phi) is 6.19. The lowest BCUT2D eigenvalue weighted by Gasteiger charge is -2.37. The van der Waals surface area contributed by atoms with E-state index >= 15 is 0 Å². The molecular weight excluding hydrogens is 408 g/mol. The molecular formula is C21H25F2N5OS. The molecule has 0 aliphatic carbocycles. The number of carbonyl (C=O) groups is 1. The topological polar surface area (TPSA) is 75.4 Å². The van der Waals surface area contributed by atoms with Gasteiger partial charge in [-0.3, -0.25) is 4.79 Å². The molecule has 9 heteroatoms. The minimum Gasteiger partial charge on any atom is -0.353 e. The average Bonchev–Trinajstić information content (AvgIpc) is 3.22. The van der Waals surface area contributed by atoms with E-state index in [4.69, 9.17) is 5.73 Å². The van der Waals surface area contributed by atoms with Crippen molar-refractivity contribution in [3.8, 4) is 0 Å². The Hall–Kier alpha value is -2.26. The van der Waals surface area contributed by atoms with E-state index in [9.17, 15) is 13.6 Å². The lowest BCUT2D eigenvalue weighted by molar-refractivity contribution is -0.133. The summed E-state index contributed by atoms with van der Waals surface area (Å²) >= 11 is 1.83. The lowest BCUT2D eigenvalue weighted by Crippen LogP contribution is -2.50. The van der Waals surface area contributed by atoms with Gasteiger partial charge in [-0.25, -0.2) is 18.7 Å². The molecule has 160 valence electrons. The van der Waals surface area contributed by atoms with Crippen LogP contribution in [0.2, 0.25) is 0 Å². The number of halogens is 2. The van der Waals surface area contributed by atoms with Gasteiger partial charge in [-0.15, -0.1) is 0 Å². The monoisotopic (exact) mass is 433 g/mol. The minimum atomic E-state index is -0.949. The Bertz CT molecular complexity index is 934. The molecule has 1 aromatic carbocycles. The summed E-state index contributed by atoms with van der Waals surface area (Å²) in [5.74, 6) is 0.232. The smallest absolute Gasteiger partial charge is 0.230 e. The Morgan fingerprint density at radius 3 is 2.63 bits per heavy atom. The highest BCUT2D eigenvalue weighted by atomic mass is 32.2. The van der Waals surface area contributed by atoms with E-state index in [0.29, 0.717) is 38.2 Å². The van der Waals surface area contributed by atoms with E-state index in [1.54, 1.807) is 11.2 Å². The highest BCUT2D eigenvalue weighted by molar-refractivity contribution is 7.98. The van der Waals surface area contributed by atoms with Crippen molar-refractivity contribution in [1.29, 1.82) is 0 Å². The number of carbonyl (C=O) groups excluding carboxylic acids is 1. The summed E-state index contributed by atoms with van der Waals surface area (Å²) in [6.45, 7) is 4.24. The molecule has 0 bridgehead atoms. The molecule has 2 aliphatic rings. The maximum absolute atomic E-state index is 13.8. The van der Waals surface area contributed by atoms with Crippen LogP contribution in [0.5, 0.6) is 0 Å². The fourth-order valence-corrected chi connectivity index (χ4v) is 5.12. The first kappa shape index (κ1) is 21.0. The van der Waals surface area contributed by atoms with Gasteiger partial charge in [-0.1, -0.05) is 6.07 Å². The molecule has 2 aliphatic heterocycles. The Morgan fingerprint density at radius 2 is 1.93 bits per heavy atom. The number of hydrogen-bond donors (Lipinski definition) is 1. The number of amides is 1. The molecule has 2 aromatic rings. The summed E-state index contributed by atoms with van der Waals surface area (Å²) < 4.78 is 27.1. The molecule has 1 amide bonds. The number of aromatic nitrogens is 2. The van der Waals surface area contributed by atoms with Gasteiger partial charge in [0, 0.05) is 49.3 Å². The van der Waals surface area contributed by atoms with Gasteiger partial charge in [0.15, 0.2) is 11.6 Å². The fourth-order valence-electron chi connectivity index (χ4n) is 4.07. The van der Waals surface area contributed by atoms with Gasteiger partial charge in [-0.2, -0.15) is 11.8 Å². The molecule has 6 nitrogen and oxygen atoms in total. The molecule has 3 heterocycles.